The van der Waals surface area contributed by atoms with Gasteiger partial charge in [0.1, 0.15) is 0 Å². The number of amides is 1. The molecule has 118 valence electrons. The summed E-state index contributed by atoms with van der Waals surface area (Å²) in [6.45, 7) is 8.68. The van der Waals surface area contributed by atoms with Gasteiger partial charge in [-0.3, -0.25) is 4.79 Å². The number of hydrogen-bond donors (Lipinski definition) is 2. The van der Waals surface area contributed by atoms with E-state index in [1.54, 1.807) is 11.3 Å². The molecule has 1 aromatic heterocycles. The lowest BCUT2D eigenvalue weighted by atomic mass is 9.61. The highest BCUT2D eigenvalue weighted by molar-refractivity contribution is 7.10. The van der Waals surface area contributed by atoms with Crippen molar-refractivity contribution in [2.24, 2.45) is 23.0 Å². The summed E-state index contributed by atoms with van der Waals surface area (Å²) in [4.78, 5) is 14.0. The lowest BCUT2D eigenvalue weighted by Crippen LogP contribution is -2.51. The second-order valence-electron chi connectivity index (χ2n) is 6.89. The average molecular weight is 308 g/mol. The number of hydrogen-bond acceptors (Lipinski definition) is 3. The first kappa shape index (κ1) is 16.5. The summed E-state index contributed by atoms with van der Waals surface area (Å²) in [5.74, 6) is 0.615. The van der Waals surface area contributed by atoms with Crippen LogP contribution in [-0.2, 0) is 4.79 Å². The molecule has 3 N–H and O–H groups in total. The highest BCUT2D eigenvalue weighted by Crippen LogP contribution is 2.44. The van der Waals surface area contributed by atoms with Crippen molar-refractivity contribution in [3.8, 4) is 0 Å². The highest BCUT2D eigenvalue weighted by Gasteiger charge is 2.45. The highest BCUT2D eigenvalue weighted by atomic mass is 32.1. The zero-order chi connectivity index (χ0) is 15.6. The van der Waals surface area contributed by atoms with E-state index in [2.05, 4.69) is 44.5 Å². The van der Waals surface area contributed by atoms with Gasteiger partial charge in [0.05, 0.1) is 6.04 Å². The molecule has 1 amide bonds. The van der Waals surface area contributed by atoms with Crippen molar-refractivity contribution in [1.29, 1.82) is 0 Å². The molecule has 4 atom stereocenters. The molecule has 1 aliphatic rings. The van der Waals surface area contributed by atoms with Crippen LogP contribution in [0, 0.1) is 17.3 Å². The van der Waals surface area contributed by atoms with Gasteiger partial charge in [-0.05, 0) is 42.0 Å². The van der Waals surface area contributed by atoms with E-state index in [9.17, 15) is 4.79 Å². The van der Waals surface area contributed by atoms with Crippen LogP contribution in [0.4, 0.5) is 0 Å². The fraction of sp³-hybridized carbons (Fsp3) is 0.706. The summed E-state index contributed by atoms with van der Waals surface area (Å²) < 4.78 is 0. The summed E-state index contributed by atoms with van der Waals surface area (Å²) >= 11 is 1.71. The van der Waals surface area contributed by atoms with E-state index in [1.807, 2.05) is 6.07 Å². The van der Waals surface area contributed by atoms with E-state index in [0.717, 1.165) is 19.3 Å². The first-order chi connectivity index (χ1) is 9.87. The SMILES string of the molecule is CCC(NC(=O)C1CCC(N)C(C)C1(C)C)c1cccs1. The first-order valence-corrected chi connectivity index (χ1v) is 8.85. The number of nitrogens with two attached hydrogens (primary N) is 1. The van der Waals surface area contributed by atoms with Crippen molar-refractivity contribution in [1.82, 2.24) is 5.32 Å². The van der Waals surface area contributed by atoms with Gasteiger partial charge in [-0.1, -0.05) is 33.8 Å². The van der Waals surface area contributed by atoms with Crippen molar-refractivity contribution in [3.05, 3.63) is 22.4 Å². The lowest BCUT2D eigenvalue weighted by molar-refractivity contribution is -0.133. The normalized spacial score (nSPS) is 29.9. The van der Waals surface area contributed by atoms with Gasteiger partial charge in [0.25, 0.3) is 0 Å². The van der Waals surface area contributed by atoms with Gasteiger partial charge in [-0.2, -0.15) is 0 Å². The third kappa shape index (κ3) is 3.32. The van der Waals surface area contributed by atoms with Crippen molar-refractivity contribution in [2.45, 2.75) is 59.0 Å². The Morgan fingerprint density at radius 2 is 2.24 bits per heavy atom. The standard InChI is InChI=1S/C17H28N2OS/c1-5-14(15-7-6-10-21-15)19-16(20)12-8-9-13(18)11(2)17(12,3)4/h6-7,10-14H,5,8-9,18H2,1-4H3,(H,19,20). The molecule has 1 heterocycles. The Morgan fingerprint density at radius 3 is 2.81 bits per heavy atom. The Bertz CT molecular complexity index is 469. The average Bonchev–Trinajstić information content (AvgIpc) is 2.96. The summed E-state index contributed by atoms with van der Waals surface area (Å²) in [5.41, 5.74) is 6.14. The van der Waals surface area contributed by atoms with Crippen molar-refractivity contribution in [2.75, 3.05) is 0 Å². The number of rotatable bonds is 4. The van der Waals surface area contributed by atoms with Crippen LogP contribution >= 0.6 is 11.3 Å². The van der Waals surface area contributed by atoms with Crippen LogP contribution in [0.1, 0.15) is 57.9 Å². The Labute approximate surface area is 132 Å². The molecule has 1 fully saturated rings. The predicted octanol–water partition coefficient (Wildman–Crippen LogP) is 3.72. The largest absolute Gasteiger partial charge is 0.348 e. The van der Waals surface area contributed by atoms with Gasteiger partial charge in [-0.15, -0.1) is 11.3 Å². The number of nitrogens with one attached hydrogen (secondary N) is 1. The van der Waals surface area contributed by atoms with Gasteiger partial charge in [-0.25, -0.2) is 0 Å². The van der Waals surface area contributed by atoms with Crippen molar-refractivity contribution < 1.29 is 4.79 Å². The molecule has 4 heteroatoms. The lowest BCUT2D eigenvalue weighted by Gasteiger charge is -2.46. The maximum Gasteiger partial charge on any atom is 0.224 e. The maximum atomic E-state index is 12.8. The van der Waals surface area contributed by atoms with Gasteiger partial charge in [0.15, 0.2) is 0 Å². The van der Waals surface area contributed by atoms with E-state index in [4.69, 9.17) is 5.73 Å². The molecule has 21 heavy (non-hydrogen) atoms. The molecule has 0 aliphatic heterocycles. The Balaban J connectivity index is 2.09. The van der Waals surface area contributed by atoms with Gasteiger partial charge >= 0.3 is 0 Å². The van der Waals surface area contributed by atoms with Gasteiger partial charge < -0.3 is 11.1 Å². The van der Waals surface area contributed by atoms with Crippen molar-refractivity contribution >= 4 is 17.2 Å². The Kier molecular flexibility index (Phi) is 5.10. The quantitative estimate of drug-likeness (QED) is 0.891. The molecule has 3 nitrogen and oxygen atoms in total. The van der Waals surface area contributed by atoms with Crippen LogP contribution < -0.4 is 11.1 Å². The Morgan fingerprint density at radius 1 is 1.52 bits per heavy atom. The third-order valence-electron chi connectivity index (χ3n) is 5.43. The van der Waals surface area contributed by atoms with E-state index in [0.29, 0.717) is 5.92 Å². The second kappa shape index (κ2) is 6.49. The molecule has 0 spiro atoms. The van der Waals surface area contributed by atoms with Crippen LogP contribution in [0.3, 0.4) is 0 Å². The molecule has 0 radical (unpaired) electrons. The molecule has 1 saturated carbocycles. The minimum Gasteiger partial charge on any atom is -0.348 e. The molecule has 0 aromatic carbocycles. The first-order valence-electron chi connectivity index (χ1n) is 7.97. The van der Waals surface area contributed by atoms with Gasteiger partial charge in [0, 0.05) is 16.8 Å². The van der Waals surface area contributed by atoms with Gasteiger partial charge in [0.2, 0.25) is 5.91 Å². The fourth-order valence-electron chi connectivity index (χ4n) is 3.46. The molecule has 1 aliphatic carbocycles. The van der Waals surface area contributed by atoms with E-state index in [-0.39, 0.29) is 29.3 Å². The molecule has 0 saturated heterocycles. The maximum absolute atomic E-state index is 12.8. The predicted molar refractivity (Wildman–Crippen MR) is 89.1 cm³/mol. The number of carbonyl (C=O) groups excluding carboxylic acids is 1. The van der Waals surface area contributed by atoms with Crippen molar-refractivity contribution in [3.63, 3.8) is 0 Å². The third-order valence-corrected chi connectivity index (χ3v) is 6.42. The fourth-order valence-corrected chi connectivity index (χ4v) is 4.32. The van der Waals surface area contributed by atoms with Crippen LogP contribution in [0.15, 0.2) is 17.5 Å². The molecule has 4 unspecified atom stereocenters. The summed E-state index contributed by atoms with van der Waals surface area (Å²) in [5, 5.41) is 5.33. The molecular weight excluding hydrogens is 280 g/mol. The summed E-state index contributed by atoms with van der Waals surface area (Å²) in [6.07, 6.45) is 2.76. The molecule has 2 rings (SSSR count). The van der Waals surface area contributed by atoms with E-state index < -0.39 is 0 Å². The number of thiophene rings is 1. The molecule has 0 bridgehead atoms. The van der Waals surface area contributed by atoms with Crippen LogP contribution in [0.25, 0.3) is 0 Å². The van der Waals surface area contributed by atoms with E-state index in [1.165, 1.54) is 4.88 Å². The van der Waals surface area contributed by atoms with Crippen LogP contribution in [-0.4, -0.2) is 11.9 Å². The Hall–Kier alpha value is -0.870. The smallest absolute Gasteiger partial charge is 0.224 e. The summed E-state index contributed by atoms with van der Waals surface area (Å²) in [6, 6.07) is 4.49. The van der Waals surface area contributed by atoms with E-state index >= 15 is 0 Å². The second-order valence-corrected chi connectivity index (χ2v) is 7.87. The summed E-state index contributed by atoms with van der Waals surface area (Å²) in [7, 11) is 0. The molecule has 1 aromatic rings. The van der Waals surface area contributed by atoms with Crippen LogP contribution in [0.5, 0.6) is 0 Å². The number of carbonyl (C=O) groups is 1. The topological polar surface area (TPSA) is 55.1 Å². The van der Waals surface area contributed by atoms with Crippen LogP contribution in [0.2, 0.25) is 0 Å². The zero-order valence-electron chi connectivity index (χ0n) is 13.6. The minimum atomic E-state index is -0.0461. The minimum absolute atomic E-state index is 0.0461. The zero-order valence-corrected chi connectivity index (χ0v) is 14.4. The molecular formula is C17H28N2OS. The monoisotopic (exact) mass is 308 g/mol.